The normalized spacial score (nSPS) is 10.4. The molecule has 0 spiro atoms. The Kier molecular flexibility index (Phi) is 3.01. The molecule has 3 N–H and O–H groups in total. The second kappa shape index (κ2) is 4.97. The summed E-state index contributed by atoms with van der Waals surface area (Å²) in [5, 5.41) is 0. The number of hydrogen-bond donors (Lipinski definition) is 2. The topological polar surface area (TPSA) is 84.7 Å². The van der Waals surface area contributed by atoms with Crippen LogP contribution in [0.2, 0.25) is 0 Å². The van der Waals surface area contributed by atoms with E-state index in [1.807, 2.05) is 12.1 Å². The number of H-pyrrole nitrogens is 1. The van der Waals surface area contributed by atoms with Gasteiger partial charge in [-0.1, -0.05) is 12.1 Å². The predicted octanol–water partition coefficient (Wildman–Crippen LogP) is 2.08. The first-order valence-corrected chi connectivity index (χ1v) is 6.10. The van der Waals surface area contributed by atoms with Crippen molar-refractivity contribution in [3.8, 4) is 22.6 Å². The number of aromatic amines is 1. The average molecular weight is 264 g/mol. The van der Waals surface area contributed by atoms with E-state index in [2.05, 4.69) is 15.0 Å². The van der Waals surface area contributed by atoms with Gasteiger partial charge < -0.3 is 10.7 Å². The number of nitrogens with two attached hydrogens (primary N) is 1. The Labute approximate surface area is 115 Å². The van der Waals surface area contributed by atoms with Crippen molar-refractivity contribution >= 4 is 5.69 Å². The molecule has 0 radical (unpaired) electrons. The van der Waals surface area contributed by atoms with E-state index >= 15 is 0 Å². The van der Waals surface area contributed by atoms with Crippen molar-refractivity contribution in [2.45, 2.75) is 0 Å². The molecule has 3 aromatic rings. The number of nitrogens with zero attached hydrogens (tertiary/aromatic N) is 2. The first-order chi connectivity index (χ1) is 9.72. The van der Waals surface area contributed by atoms with Gasteiger partial charge in [0.1, 0.15) is 5.82 Å². The quantitative estimate of drug-likeness (QED) is 0.694. The van der Waals surface area contributed by atoms with E-state index in [1.165, 1.54) is 6.07 Å². The lowest BCUT2D eigenvalue weighted by molar-refractivity contribution is 1.13. The van der Waals surface area contributed by atoms with Gasteiger partial charge in [0.25, 0.3) is 5.56 Å². The van der Waals surface area contributed by atoms with Crippen molar-refractivity contribution in [1.29, 1.82) is 0 Å². The Morgan fingerprint density at radius 3 is 2.35 bits per heavy atom. The fourth-order valence-corrected chi connectivity index (χ4v) is 1.91. The van der Waals surface area contributed by atoms with Crippen molar-refractivity contribution in [1.82, 2.24) is 15.0 Å². The van der Waals surface area contributed by atoms with Crippen molar-refractivity contribution in [3.05, 3.63) is 65.2 Å². The zero-order chi connectivity index (χ0) is 13.9. The first-order valence-electron chi connectivity index (χ1n) is 6.10. The molecule has 0 saturated carbocycles. The Balaban J connectivity index is 2.12. The fraction of sp³-hybridized carbons (Fsp3) is 0. The van der Waals surface area contributed by atoms with Crippen LogP contribution < -0.4 is 11.3 Å². The second-order valence-electron chi connectivity index (χ2n) is 4.34. The molecule has 2 aromatic heterocycles. The van der Waals surface area contributed by atoms with Gasteiger partial charge >= 0.3 is 0 Å². The third-order valence-corrected chi connectivity index (χ3v) is 2.90. The molecule has 0 aliphatic rings. The highest BCUT2D eigenvalue weighted by Crippen LogP contribution is 2.19. The summed E-state index contributed by atoms with van der Waals surface area (Å²) in [4.78, 5) is 22.9. The van der Waals surface area contributed by atoms with Crippen LogP contribution in [0.5, 0.6) is 0 Å². The van der Waals surface area contributed by atoms with Gasteiger partial charge in [-0.25, -0.2) is 4.98 Å². The van der Waals surface area contributed by atoms with Crippen LogP contribution in [0.15, 0.2) is 59.7 Å². The minimum absolute atomic E-state index is 0.196. The number of anilines is 1. The lowest BCUT2D eigenvalue weighted by atomic mass is 10.1. The summed E-state index contributed by atoms with van der Waals surface area (Å²) in [6, 6.07) is 12.3. The van der Waals surface area contributed by atoms with Crippen LogP contribution in [0.3, 0.4) is 0 Å². The molecule has 0 bridgehead atoms. The van der Waals surface area contributed by atoms with E-state index in [1.54, 1.807) is 36.7 Å². The van der Waals surface area contributed by atoms with Gasteiger partial charge in [-0.05, 0) is 24.3 Å². The molecule has 20 heavy (non-hydrogen) atoms. The Morgan fingerprint density at radius 1 is 0.950 bits per heavy atom. The third kappa shape index (κ3) is 2.42. The van der Waals surface area contributed by atoms with Crippen LogP contribution in [-0.4, -0.2) is 15.0 Å². The minimum atomic E-state index is -0.196. The standard InChI is InChI=1S/C15H12N4O/c16-12-3-1-10(2-4-12)13-9-14(20)19-15(18-13)11-5-7-17-8-6-11/h1-9H,16H2,(H,18,19,20). The molecule has 0 aliphatic carbocycles. The lowest BCUT2D eigenvalue weighted by Crippen LogP contribution is -2.08. The maximum atomic E-state index is 11.8. The SMILES string of the molecule is Nc1ccc(-c2cc(=O)[nH]c(-c3ccncc3)n2)cc1. The average Bonchev–Trinajstić information content (AvgIpc) is 2.48. The number of nitrogen functional groups attached to an aromatic ring is 1. The zero-order valence-electron chi connectivity index (χ0n) is 10.6. The zero-order valence-corrected chi connectivity index (χ0v) is 10.6. The van der Waals surface area contributed by atoms with E-state index in [-0.39, 0.29) is 5.56 Å². The highest BCUT2D eigenvalue weighted by molar-refractivity contribution is 5.64. The summed E-state index contributed by atoms with van der Waals surface area (Å²) >= 11 is 0. The number of nitrogens with one attached hydrogen (secondary N) is 1. The van der Waals surface area contributed by atoms with E-state index in [4.69, 9.17) is 5.73 Å². The summed E-state index contributed by atoms with van der Waals surface area (Å²) in [6.07, 6.45) is 3.32. The number of aromatic nitrogens is 3. The number of rotatable bonds is 2. The summed E-state index contributed by atoms with van der Waals surface area (Å²) < 4.78 is 0. The summed E-state index contributed by atoms with van der Waals surface area (Å²) in [5.74, 6) is 0.520. The Bertz CT molecular complexity index is 779. The van der Waals surface area contributed by atoms with Crippen LogP contribution in [0.1, 0.15) is 0 Å². The molecule has 0 atom stereocenters. The molecule has 3 rings (SSSR count). The third-order valence-electron chi connectivity index (χ3n) is 2.90. The van der Waals surface area contributed by atoms with Crippen LogP contribution in [0.25, 0.3) is 22.6 Å². The van der Waals surface area contributed by atoms with Crippen molar-refractivity contribution in [2.75, 3.05) is 5.73 Å². The van der Waals surface area contributed by atoms with Crippen molar-refractivity contribution in [3.63, 3.8) is 0 Å². The van der Waals surface area contributed by atoms with Crippen LogP contribution in [-0.2, 0) is 0 Å². The van der Waals surface area contributed by atoms with Gasteiger partial charge in [-0.3, -0.25) is 9.78 Å². The van der Waals surface area contributed by atoms with E-state index in [0.717, 1.165) is 11.1 Å². The number of hydrogen-bond acceptors (Lipinski definition) is 4. The monoisotopic (exact) mass is 264 g/mol. The van der Waals surface area contributed by atoms with Gasteiger partial charge in [0, 0.05) is 35.3 Å². The number of benzene rings is 1. The van der Waals surface area contributed by atoms with Gasteiger partial charge in [0.05, 0.1) is 5.69 Å². The maximum Gasteiger partial charge on any atom is 0.251 e. The summed E-state index contributed by atoms with van der Waals surface area (Å²) in [6.45, 7) is 0. The largest absolute Gasteiger partial charge is 0.399 e. The smallest absolute Gasteiger partial charge is 0.251 e. The van der Waals surface area contributed by atoms with Gasteiger partial charge in [0.15, 0.2) is 0 Å². The molecule has 0 saturated heterocycles. The summed E-state index contributed by atoms with van der Waals surface area (Å²) in [7, 11) is 0. The Hall–Kier alpha value is -2.95. The molecule has 2 heterocycles. The van der Waals surface area contributed by atoms with E-state index in [0.29, 0.717) is 17.2 Å². The molecular weight excluding hydrogens is 252 g/mol. The van der Waals surface area contributed by atoms with E-state index < -0.39 is 0 Å². The van der Waals surface area contributed by atoms with Crippen LogP contribution in [0.4, 0.5) is 5.69 Å². The van der Waals surface area contributed by atoms with Crippen molar-refractivity contribution in [2.24, 2.45) is 0 Å². The highest BCUT2D eigenvalue weighted by Gasteiger charge is 2.05. The number of pyridine rings is 1. The molecule has 1 aromatic carbocycles. The van der Waals surface area contributed by atoms with Crippen molar-refractivity contribution < 1.29 is 0 Å². The predicted molar refractivity (Wildman–Crippen MR) is 77.9 cm³/mol. The molecule has 0 amide bonds. The molecule has 0 fully saturated rings. The fourth-order valence-electron chi connectivity index (χ4n) is 1.91. The molecule has 0 unspecified atom stereocenters. The molecule has 5 heteroatoms. The molecule has 0 aliphatic heterocycles. The Morgan fingerprint density at radius 2 is 1.65 bits per heavy atom. The molecule has 98 valence electrons. The van der Waals surface area contributed by atoms with Gasteiger partial charge in [0.2, 0.25) is 0 Å². The molecule has 5 nitrogen and oxygen atoms in total. The maximum absolute atomic E-state index is 11.8. The lowest BCUT2D eigenvalue weighted by Gasteiger charge is -2.05. The second-order valence-corrected chi connectivity index (χ2v) is 4.34. The first kappa shape index (κ1) is 12.1. The molecular formula is C15H12N4O. The minimum Gasteiger partial charge on any atom is -0.399 e. The van der Waals surface area contributed by atoms with Gasteiger partial charge in [-0.15, -0.1) is 0 Å². The van der Waals surface area contributed by atoms with Gasteiger partial charge in [-0.2, -0.15) is 0 Å². The van der Waals surface area contributed by atoms with Crippen LogP contribution >= 0.6 is 0 Å². The van der Waals surface area contributed by atoms with E-state index in [9.17, 15) is 4.79 Å². The summed E-state index contributed by atoms with van der Waals surface area (Å²) in [5.41, 5.74) is 8.41. The van der Waals surface area contributed by atoms with Crippen LogP contribution in [0, 0.1) is 0 Å². The highest BCUT2D eigenvalue weighted by atomic mass is 16.1.